The van der Waals surface area contributed by atoms with Gasteiger partial charge in [0.15, 0.2) is 5.78 Å². The lowest BCUT2D eigenvalue weighted by Gasteiger charge is -2.06. The number of aromatic nitrogens is 1. The van der Waals surface area contributed by atoms with Crippen molar-refractivity contribution in [2.24, 2.45) is 0 Å². The van der Waals surface area contributed by atoms with Gasteiger partial charge in [0.25, 0.3) is 0 Å². The SMILES string of the molecule is Nc1ccncc1CC(=O)c1c(F)cccc1F. The third kappa shape index (κ3) is 2.34. The van der Waals surface area contributed by atoms with Crippen LogP contribution in [-0.4, -0.2) is 10.8 Å². The van der Waals surface area contributed by atoms with Gasteiger partial charge in [-0.15, -0.1) is 0 Å². The van der Waals surface area contributed by atoms with E-state index in [1.165, 1.54) is 24.5 Å². The lowest BCUT2D eigenvalue weighted by molar-refractivity contribution is 0.0985. The Morgan fingerprint density at radius 1 is 1.22 bits per heavy atom. The number of rotatable bonds is 3. The molecule has 3 nitrogen and oxygen atoms in total. The number of carbonyl (C=O) groups excluding carboxylic acids is 1. The number of carbonyl (C=O) groups is 1. The topological polar surface area (TPSA) is 56.0 Å². The molecule has 0 amide bonds. The second kappa shape index (κ2) is 4.91. The molecule has 0 saturated heterocycles. The van der Waals surface area contributed by atoms with E-state index in [1.54, 1.807) is 0 Å². The molecule has 0 radical (unpaired) electrons. The van der Waals surface area contributed by atoms with Gasteiger partial charge in [-0.2, -0.15) is 0 Å². The first-order chi connectivity index (χ1) is 8.59. The fraction of sp³-hybridized carbons (Fsp3) is 0.0769. The maximum Gasteiger partial charge on any atom is 0.173 e. The van der Waals surface area contributed by atoms with E-state index < -0.39 is 23.0 Å². The maximum atomic E-state index is 13.4. The van der Waals surface area contributed by atoms with Crippen molar-refractivity contribution in [3.63, 3.8) is 0 Å². The van der Waals surface area contributed by atoms with Crippen LogP contribution in [-0.2, 0) is 6.42 Å². The first kappa shape index (κ1) is 12.2. The summed E-state index contributed by atoms with van der Waals surface area (Å²) in [5.74, 6) is -2.41. The summed E-state index contributed by atoms with van der Waals surface area (Å²) >= 11 is 0. The van der Waals surface area contributed by atoms with E-state index >= 15 is 0 Å². The molecule has 18 heavy (non-hydrogen) atoms. The zero-order valence-corrected chi connectivity index (χ0v) is 9.36. The fourth-order valence-corrected chi connectivity index (χ4v) is 1.61. The molecule has 0 atom stereocenters. The van der Waals surface area contributed by atoms with Gasteiger partial charge in [-0.1, -0.05) is 6.07 Å². The normalized spacial score (nSPS) is 10.3. The van der Waals surface area contributed by atoms with Crippen molar-refractivity contribution in [2.75, 3.05) is 5.73 Å². The Kier molecular flexibility index (Phi) is 3.32. The molecule has 0 aliphatic heterocycles. The van der Waals surface area contributed by atoms with Crippen LogP contribution < -0.4 is 5.73 Å². The minimum atomic E-state index is -0.873. The van der Waals surface area contributed by atoms with Gasteiger partial charge < -0.3 is 5.73 Å². The molecule has 2 rings (SSSR count). The first-order valence-electron chi connectivity index (χ1n) is 5.25. The van der Waals surface area contributed by atoms with Crippen molar-refractivity contribution in [3.05, 3.63) is 59.4 Å². The summed E-state index contributed by atoms with van der Waals surface area (Å²) in [6.07, 6.45) is 2.70. The maximum absolute atomic E-state index is 13.4. The van der Waals surface area contributed by atoms with E-state index in [0.717, 1.165) is 12.1 Å². The molecule has 1 heterocycles. The molecule has 1 aromatic heterocycles. The average molecular weight is 248 g/mol. The highest BCUT2D eigenvalue weighted by Crippen LogP contribution is 2.17. The van der Waals surface area contributed by atoms with Crippen LogP contribution >= 0.6 is 0 Å². The molecule has 92 valence electrons. The average Bonchev–Trinajstić information content (AvgIpc) is 2.32. The third-order valence-corrected chi connectivity index (χ3v) is 2.53. The van der Waals surface area contributed by atoms with Crippen LogP contribution in [0.2, 0.25) is 0 Å². The number of hydrogen-bond donors (Lipinski definition) is 1. The van der Waals surface area contributed by atoms with Gasteiger partial charge >= 0.3 is 0 Å². The van der Waals surface area contributed by atoms with Crippen molar-refractivity contribution in [1.82, 2.24) is 4.98 Å². The van der Waals surface area contributed by atoms with E-state index in [1.807, 2.05) is 0 Å². The number of halogens is 2. The van der Waals surface area contributed by atoms with Crippen molar-refractivity contribution < 1.29 is 13.6 Å². The molecule has 0 aliphatic carbocycles. The number of pyridine rings is 1. The predicted molar refractivity (Wildman–Crippen MR) is 63.0 cm³/mol. The quantitative estimate of drug-likeness (QED) is 0.848. The monoisotopic (exact) mass is 248 g/mol. The molecule has 0 unspecified atom stereocenters. The number of benzene rings is 1. The molecule has 0 aliphatic rings. The summed E-state index contributed by atoms with van der Waals surface area (Å²) in [6, 6.07) is 4.83. The lowest BCUT2D eigenvalue weighted by Crippen LogP contribution is -2.10. The van der Waals surface area contributed by atoms with Crippen LogP contribution in [0.25, 0.3) is 0 Å². The molecule has 1 aromatic carbocycles. The van der Waals surface area contributed by atoms with E-state index in [4.69, 9.17) is 5.73 Å². The molecule has 2 N–H and O–H groups in total. The molecule has 0 spiro atoms. The summed E-state index contributed by atoms with van der Waals surface area (Å²) < 4.78 is 26.8. The third-order valence-electron chi connectivity index (χ3n) is 2.53. The predicted octanol–water partition coefficient (Wildman–Crippen LogP) is 2.37. The number of anilines is 1. The standard InChI is InChI=1S/C13H10F2N2O/c14-9-2-1-3-10(15)13(9)12(18)6-8-7-17-5-4-11(8)16/h1-5,7H,6H2,(H2,16,17). The molecule has 2 aromatic rings. The molecule has 0 saturated carbocycles. The Bertz CT molecular complexity index is 579. The van der Waals surface area contributed by atoms with Crippen LogP contribution in [0.1, 0.15) is 15.9 Å². The summed E-state index contributed by atoms with van der Waals surface area (Å²) in [7, 11) is 0. The molecule has 5 heteroatoms. The number of ketones is 1. The van der Waals surface area contributed by atoms with E-state index in [2.05, 4.69) is 4.98 Å². The van der Waals surface area contributed by atoms with Crippen molar-refractivity contribution in [1.29, 1.82) is 0 Å². The highest BCUT2D eigenvalue weighted by molar-refractivity contribution is 5.98. The largest absolute Gasteiger partial charge is 0.398 e. The lowest BCUT2D eigenvalue weighted by atomic mass is 10.0. The van der Waals surface area contributed by atoms with Crippen LogP contribution in [0.15, 0.2) is 36.7 Å². The summed E-state index contributed by atoms with van der Waals surface area (Å²) in [5.41, 5.74) is 5.92. The van der Waals surface area contributed by atoms with Crippen LogP contribution in [0.5, 0.6) is 0 Å². The number of nitrogens with zero attached hydrogens (tertiary/aromatic N) is 1. The summed E-state index contributed by atoms with van der Waals surface area (Å²) in [4.78, 5) is 15.7. The minimum Gasteiger partial charge on any atom is -0.398 e. The number of Topliss-reactive ketones (excluding diaryl/α,β-unsaturated/α-hetero) is 1. The van der Waals surface area contributed by atoms with Gasteiger partial charge in [0.1, 0.15) is 11.6 Å². The zero-order valence-electron chi connectivity index (χ0n) is 9.36. The summed E-state index contributed by atoms with van der Waals surface area (Å²) in [6.45, 7) is 0. The van der Waals surface area contributed by atoms with Gasteiger partial charge in [-0.05, 0) is 18.2 Å². The van der Waals surface area contributed by atoms with Gasteiger partial charge in [0.2, 0.25) is 0 Å². The Balaban J connectivity index is 2.31. The van der Waals surface area contributed by atoms with Crippen LogP contribution in [0, 0.1) is 11.6 Å². The van der Waals surface area contributed by atoms with Gasteiger partial charge in [0, 0.05) is 30.1 Å². The van der Waals surface area contributed by atoms with E-state index in [0.29, 0.717) is 11.3 Å². The van der Waals surface area contributed by atoms with Gasteiger partial charge in [0.05, 0.1) is 5.56 Å². The highest BCUT2D eigenvalue weighted by atomic mass is 19.1. The fourth-order valence-electron chi connectivity index (χ4n) is 1.61. The smallest absolute Gasteiger partial charge is 0.173 e. The highest BCUT2D eigenvalue weighted by Gasteiger charge is 2.18. The second-order valence-corrected chi connectivity index (χ2v) is 3.77. The van der Waals surface area contributed by atoms with Crippen LogP contribution in [0.3, 0.4) is 0 Å². The Morgan fingerprint density at radius 2 is 1.89 bits per heavy atom. The van der Waals surface area contributed by atoms with Gasteiger partial charge in [-0.25, -0.2) is 8.78 Å². The van der Waals surface area contributed by atoms with Crippen molar-refractivity contribution in [2.45, 2.75) is 6.42 Å². The molecule has 0 bridgehead atoms. The Morgan fingerprint density at radius 3 is 2.50 bits per heavy atom. The van der Waals surface area contributed by atoms with Crippen molar-refractivity contribution >= 4 is 11.5 Å². The van der Waals surface area contributed by atoms with Gasteiger partial charge in [-0.3, -0.25) is 9.78 Å². The van der Waals surface area contributed by atoms with E-state index in [-0.39, 0.29) is 6.42 Å². The molecular formula is C13H10F2N2O. The zero-order chi connectivity index (χ0) is 13.1. The minimum absolute atomic E-state index is 0.183. The molecular weight excluding hydrogens is 238 g/mol. The Hall–Kier alpha value is -2.30. The van der Waals surface area contributed by atoms with Crippen molar-refractivity contribution in [3.8, 4) is 0 Å². The Labute approximate surface area is 102 Å². The second-order valence-electron chi connectivity index (χ2n) is 3.77. The first-order valence-corrected chi connectivity index (χ1v) is 5.25. The van der Waals surface area contributed by atoms with Crippen LogP contribution in [0.4, 0.5) is 14.5 Å². The number of hydrogen-bond acceptors (Lipinski definition) is 3. The number of nitrogens with two attached hydrogens (primary N) is 1. The molecule has 0 fully saturated rings. The summed E-state index contributed by atoms with van der Waals surface area (Å²) in [5, 5.41) is 0. The van der Waals surface area contributed by atoms with E-state index in [9.17, 15) is 13.6 Å². The number of nitrogen functional groups attached to an aromatic ring is 1.